The highest BCUT2D eigenvalue weighted by molar-refractivity contribution is 14.1. The van der Waals surface area contributed by atoms with Crippen LogP contribution in [0.5, 0.6) is 0 Å². The van der Waals surface area contributed by atoms with Crippen LogP contribution in [0.1, 0.15) is 11.3 Å². The predicted molar refractivity (Wildman–Crippen MR) is 83.5 cm³/mol. The molecule has 0 aliphatic carbocycles. The van der Waals surface area contributed by atoms with Gasteiger partial charge >= 0.3 is 5.97 Å². The number of ether oxygens (including phenoxy) is 1. The van der Waals surface area contributed by atoms with Crippen molar-refractivity contribution >= 4 is 52.1 Å². The highest BCUT2D eigenvalue weighted by atomic mass is 127. The monoisotopic (exact) mass is 399 g/mol. The molecule has 0 saturated heterocycles. The molecule has 20 heavy (non-hydrogen) atoms. The number of benzene rings is 1. The zero-order valence-corrected chi connectivity index (χ0v) is 12.9. The SMILES string of the molecule is O=C1OC(c2ccc(Cl)cc2)=N/C1=C\c1ccc(I)o1. The minimum atomic E-state index is -0.499. The maximum absolute atomic E-state index is 11.8. The van der Waals surface area contributed by atoms with E-state index in [2.05, 4.69) is 4.99 Å². The van der Waals surface area contributed by atoms with Crippen LogP contribution in [0.4, 0.5) is 0 Å². The number of halogens is 2. The fourth-order valence-electron chi connectivity index (χ4n) is 1.67. The molecule has 0 bridgehead atoms. The molecule has 1 aliphatic rings. The van der Waals surface area contributed by atoms with E-state index in [1.165, 1.54) is 0 Å². The first-order valence-corrected chi connectivity index (χ1v) is 7.11. The molecular weight excluding hydrogens is 393 g/mol. The lowest BCUT2D eigenvalue weighted by atomic mass is 10.2. The van der Waals surface area contributed by atoms with Crippen molar-refractivity contribution in [2.45, 2.75) is 0 Å². The zero-order chi connectivity index (χ0) is 14.1. The summed E-state index contributed by atoms with van der Waals surface area (Å²) in [4.78, 5) is 15.9. The molecule has 1 aliphatic heterocycles. The molecule has 6 heteroatoms. The summed E-state index contributed by atoms with van der Waals surface area (Å²) >= 11 is 7.86. The lowest BCUT2D eigenvalue weighted by Crippen LogP contribution is -2.05. The van der Waals surface area contributed by atoms with Crippen LogP contribution in [0, 0.1) is 3.77 Å². The quantitative estimate of drug-likeness (QED) is 0.437. The molecule has 0 saturated carbocycles. The second-order valence-corrected chi connectivity index (χ2v) is 5.48. The highest BCUT2D eigenvalue weighted by Gasteiger charge is 2.24. The van der Waals surface area contributed by atoms with E-state index >= 15 is 0 Å². The number of nitrogens with zero attached hydrogens (tertiary/aromatic N) is 1. The molecule has 2 aromatic rings. The number of carbonyl (C=O) groups is 1. The molecule has 2 heterocycles. The van der Waals surface area contributed by atoms with Gasteiger partial charge in [-0.25, -0.2) is 9.79 Å². The molecule has 0 spiro atoms. The van der Waals surface area contributed by atoms with Gasteiger partial charge in [0.05, 0.1) is 0 Å². The second kappa shape index (κ2) is 5.41. The first kappa shape index (κ1) is 13.4. The van der Waals surface area contributed by atoms with Gasteiger partial charge in [-0.05, 0) is 59.0 Å². The third-order valence-corrected chi connectivity index (χ3v) is 3.42. The maximum Gasteiger partial charge on any atom is 0.363 e. The minimum Gasteiger partial charge on any atom is -0.451 e. The third kappa shape index (κ3) is 2.78. The van der Waals surface area contributed by atoms with Crippen LogP contribution in [-0.2, 0) is 9.53 Å². The van der Waals surface area contributed by atoms with Crippen molar-refractivity contribution < 1.29 is 13.9 Å². The molecule has 100 valence electrons. The van der Waals surface area contributed by atoms with Gasteiger partial charge in [-0.2, -0.15) is 0 Å². The molecule has 0 N–H and O–H groups in total. The summed E-state index contributed by atoms with van der Waals surface area (Å²) in [6.07, 6.45) is 1.55. The van der Waals surface area contributed by atoms with Crippen LogP contribution >= 0.6 is 34.2 Å². The lowest BCUT2D eigenvalue weighted by molar-refractivity contribution is -0.129. The van der Waals surface area contributed by atoms with E-state index in [1.54, 1.807) is 42.5 Å². The lowest BCUT2D eigenvalue weighted by Gasteiger charge is -1.98. The van der Waals surface area contributed by atoms with Gasteiger partial charge in [0.25, 0.3) is 0 Å². The number of rotatable bonds is 2. The first-order chi connectivity index (χ1) is 9.61. The van der Waals surface area contributed by atoms with Gasteiger partial charge in [0, 0.05) is 16.7 Å². The molecule has 1 aromatic carbocycles. The van der Waals surface area contributed by atoms with E-state index in [0.29, 0.717) is 16.3 Å². The van der Waals surface area contributed by atoms with Crippen LogP contribution in [0.25, 0.3) is 6.08 Å². The van der Waals surface area contributed by atoms with Gasteiger partial charge in [0.15, 0.2) is 9.46 Å². The van der Waals surface area contributed by atoms with Gasteiger partial charge in [-0.1, -0.05) is 11.6 Å². The number of aliphatic imine (C=N–C) groups is 1. The molecule has 1 aromatic heterocycles. The Morgan fingerprint density at radius 3 is 2.55 bits per heavy atom. The highest BCUT2D eigenvalue weighted by Crippen LogP contribution is 2.21. The Kier molecular flexibility index (Phi) is 3.62. The van der Waals surface area contributed by atoms with Crippen LogP contribution < -0.4 is 0 Å². The maximum atomic E-state index is 11.8. The first-order valence-electron chi connectivity index (χ1n) is 5.66. The summed E-state index contributed by atoms with van der Waals surface area (Å²) in [5.41, 5.74) is 0.904. The normalized spacial score (nSPS) is 16.4. The second-order valence-electron chi connectivity index (χ2n) is 3.98. The molecule has 0 radical (unpaired) electrons. The Morgan fingerprint density at radius 1 is 1.15 bits per heavy atom. The number of hydrogen-bond donors (Lipinski definition) is 0. The predicted octanol–water partition coefficient (Wildman–Crippen LogP) is 3.88. The Hall–Kier alpha value is -1.60. The molecule has 3 rings (SSSR count). The Labute approximate surface area is 133 Å². The number of hydrogen-bond acceptors (Lipinski definition) is 4. The van der Waals surface area contributed by atoms with E-state index in [0.717, 1.165) is 3.77 Å². The Balaban J connectivity index is 1.92. The van der Waals surface area contributed by atoms with Crippen LogP contribution in [0.3, 0.4) is 0 Å². The van der Waals surface area contributed by atoms with E-state index in [1.807, 2.05) is 22.6 Å². The van der Waals surface area contributed by atoms with Crippen LogP contribution in [0.15, 0.2) is 51.5 Å². The molecule has 0 atom stereocenters. The van der Waals surface area contributed by atoms with E-state index < -0.39 is 5.97 Å². The van der Waals surface area contributed by atoms with Crippen molar-refractivity contribution in [2.24, 2.45) is 4.99 Å². The van der Waals surface area contributed by atoms with E-state index in [4.69, 9.17) is 20.8 Å². The molecular formula is C14H7ClINO3. The standard InChI is InChI=1S/C14H7ClINO3/c15-9-3-1-8(2-4-9)13-17-11(14(18)20-13)7-10-5-6-12(16)19-10/h1-7H/b11-7-. The van der Waals surface area contributed by atoms with Gasteiger partial charge in [-0.15, -0.1) is 0 Å². The largest absolute Gasteiger partial charge is 0.451 e. The summed E-state index contributed by atoms with van der Waals surface area (Å²) in [7, 11) is 0. The number of carbonyl (C=O) groups excluding carboxylic acids is 1. The van der Waals surface area contributed by atoms with Gasteiger partial charge in [0.1, 0.15) is 5.76 Å². The van der Waals surface area contributed by atoms with E-state index in [9.17, 15) is 4.79 Å². The summed E-state index contributed by atoms with van der Waals surface area (Å²) in [6, 6.07) is 10.5. The van der Waals surface area contributed by atoms with Crippen molar-refractivity contribution in [2.75, 3.05) is 0 Å². The number of esters is 1. The van der Waals surface area contributed by atoms with Gasteiger partial charge in [0.2, 0.25) is 5.90 Å². The van der Waals surface area contributed by atoms with E-state index in [-0.39, 0.29) is 11.6 Å². The summed E-state index contributed by atoms with van der Waals surface area (Å²) < 4.78 is 11.2. The van der Waals surface area contributed by atoms with Crippen molar-refractivity contribution in [1.29, 1.82) is 0 Å². The number of furan rings is 1. The van der Waals surface area contributed by atoms with Crippen molar-refractivity contribution in [3.8, 4) is 0 Å². The summed E-state index contributed by atoms with van der Waals surface area (Å²) in [5.74, 6) is 0.322. The minimum absolute atomic E-state index is 0.209. The smallest absolute Gasteiger partial charge is 0.363 e. The van der Waals surface area contributed by atoms with Crippen molar-refractivity contribution in [1.82, 2.24) is 0 Å². The molecule has 0 unspecified atom stereocenters. The molecule has 0 fully saturated rings. The van der Waals surface area contributed by atoms with Crippen molar-refractivity contribution in [3.05, 3.63) is 62.2 Å². The fraction of sp³-hybridized carbons (Fsp3) is 0. The molecule has 0 amide bonds. The summed E-state index contributed by atoms with van der Waals surface area (Å²) in [5, 5.41) is 0.611. The Morgan fingerprint density at radius 2 is 1.90 bits per heavy atom. The average molecular weight is 400 g/mol. The number of cyclic esters (lactones) is 1. The van der Waals surface area contributed by atoms with Gasteiger partial charge < -0.3 is 9.15 Å². The van der Waals surface area contributed by atoms with Crippen LogP contribution in [0.2, 0.25) is 5.02 Å². The Bertz CT molecular complexity index is 731. The zero-order valence-electron chi connectivity index (χ0n) is 9.97. The van der Waals surface area contributed by atoms with Crippen LogP contribution in [-0.4, -0.2) is 11.9 Å². The third-order valence-electron chi connectivity index (χ3n) is 2.58. The van der Waals surface area contributed by atoms with Gasteiger partial charge in [-0.3, -0.25) is 0 Å². The summed E-state index contributed by atoms with van der Waals surface area (Å²) in [6.45, 7) is 0. The molecule has 4 nitrogen and oxygen atoms in total. The van der Waals surface area contributed by atoms with Crippen molar-refractivity contribution in [3.63, 3.8) is 0 Å². The average Bonchev–Trinajstić information content (AvgIpc) is 2.98. The fourth-order valence-corrected chi connectivity index (χ4v) is 2.23. The topological polar surface area (TPSA) is 51.8 Å².